The summed E-state index contributed by atoms with van der Waals surface area (Å²) in [5, 5.41) is 7.94. The summed E-state index contributed by atoms with van der Waals surface area (Å²) in [4.78, 5) is 21.4. The van der Waals surface area contributed by atoms with Crippen molar-refractivity contribution < 1.29 is 9.53 Å². The molecule has 0 radical (unpaired) electrons. The Balaban J connectivity index is 1.78. The molecule has 0 fully saturated rings. The van der Waals surface area contributed by atoms with Crippen molar-refractivity contribution in [3.63, 3.8) is 0 Å². The van der Waals surface area contributed by atoms with Crippen molar-refractivity contribution in [1.29, 1.82) is 0 Å². The van der Waals surface area contributed by atoms with Crippen LogP contribution in [0.25, 0.3) is 5.95 Å². The van der Waals surface area contributed by atoms with Crippen LogP contribution in [-0.2, 0) is 4.79 Å². The van der Waals surface area contributed by atoms with E-state index in [1.165, 1.54) is 4.68 Å². The van der Waals surface area contributed by atoms with Crippen LogP contribution < -0.4 is 10.1 Å². The summed E-state index contributed by atoms with van der Waals surface area (Å²) in [7, 11) is 0. The fourth-order valence-corrected chi connectivity index (χ4v) is 3.28. The van der Waals surface area contributed by atoms with E-state index in [1.807, 2.05) is 45.9 Å². The molecule has 1 aromatic carbocycles. The standard InChI is InChI=1S/C22H26ClN5O2/c1-12(2)17-10-18(23)13(3)7-19(17)30-11-21(29)26-20-9-16(6)27-28(20)22-24-14(4)8-15(5)25-22/h7-10,12H,11H2,1-6H3,(H,26,29). The van der Waals surface area contributed by atoms with Crippen LogP contribution in [0.4, 0.5) is 5.82 Å². The summed E-state index contributed by atoms with van der Waals surface area (Å²) in [5.41, 5.74) is 4.25. The van der Waals surface area contributed by atoms with Gasteiger partial charge in [0.05, 0.1) is 5.69 Å². The van der Waals surface area contributed by atoms with Gasteiger partial charge in [0.15, 0.2) is 6.61 Å². The van der Waals surface area contributed by atoms with Crippen LogP contribution in [0, 0.1) is 27.7 Å². The molecule has 0 unspecified atom stereocenters. The van der Waals surface area contributed by atoms with Gasteiger partial charge in [-0.25, -0.2) is 9.97 Å². The van der Waals surface area contributed by atoms with E-state index < -0.39 is 0 Å². The third kappa shape index (κ3) is 4.97. The van der Waals surface area contributed by atoms with Crippen molar-refractivity contribution in [2.45, 2.75) is 47.5 Å². The highest BCUT2D eigenvalue weighted by atomic mass is 35.5. The molecule has 0 bridgehead atoms. The Bertz CT molecular complexity index is 1070. The Morgan fingerprint density at radius 3 is 2.37 bits per heavy atom. The van der Waals surface area contributed by atoms with E-state index in [0.29, 0.717) is 22.5 Å². The molecule has 30 heavy (non-hydrogen) atoms. The van der Waals surface area contributed by atoms with E-state index in [4.69, 9.17) is 16.3 Å². The molecule has 1 amide bonds. The van der Waals surface area contributed by atoms with E-state index in [2.05, 4.69) is 34.2 Å². The van der Waals surface area contributed by atoms with E-state index in [0.717, 1.165) is 28.2 Å². The second-order valence-electron chi connectivity index (χ2n) is 7.66. The molecule has 2 aromatic heterocycles. The highest BCUT2D eigenvalue weighted by molar-refractivity contribution is 6.31. The molecule has 0 atom stereocenters. The van der Waals surface area contributed by atoms with Gasteiger partial charge in [0.2, 0.25) is 0 Å². The Morgan fingerprint density at radius 2 is 1.73 bits per heavy atom. The van der Waals surface area contributed by atoms with Gasteiger partial charge >= 0.3 is 0 Å². The van der Waals surface area contributed by atoms with Gasteiger partial charge in [0.1, 0.15) is 11.6 Å². The Kier molecular flexibility index (Phi) is 6.41. The van der Waals surface area contributed by atoms with Gasteiger partial charge in [-0.3, -0.25) is 4.79 Å². The van der Waals surface area contributed by atoms with Crippen LogP contribution in [0.5, 0.6) is 5.75 Å². The average Bonchev–Trinajstić information content (AvgIpc) is 3.01. The summed E-state index contributed by atoms with van der Waals surface area (Å²) >= 11 is 6.24. The number of ether oxygens (including phenoxy) is 1. The minimum atomic E-state index is -0.303. The number of benzene rings is 1. The van der Waals surface area contributed by atoms with Gasteiger partial charge in [-0.1, -0.05) is 25.4 Å². The van der Waals surface area contributed by atoms with Crippen molar-refractivity contribution in [3.8, 4) is 11.7 Å². The number of carbonyl (C=O) groups is 1. The first kappa shape index (κ1) is 21.8. The van der Waals surface area contributed by atoms with Crippen molar-refractivity contribution in [2.24, 2.45) is 0 Å². The monoisotopic (exact) mass is 427 g/mol. The fraction of sp³-hybridized carbons (Fsp3) is 0.364. The number of hydrogen-bond donors (Lipinski definition) is 1. The molecule has 3 aromatic rings. The Morgan fingerprint density at radius 1 is 1.07 bits per heavy atom. The largest absolute Gasteiger partial charge is 0.483 e. The molecule has 0 aliphatic carbocycles. The molecule has 7 nitrogen and oxygen atoms in total. The number of carbonyl (C=O) groups excluding carboxylic acids is 1. The number of anilines is 1. The highest BCUT2D eigenvalue weighted by Crippen LogP contribution is 2.32. The number of aryl methyl sites for hydroxylation is 4. The minimum Gasteiger partial charge on any atom is -0.483 e. The minimum absolute atomic E-state index is 0.140. The average molecular weight is 428 g/mol. The number of rotatable bonds is 6. The van der Waals surface area contributed by atoms with E-state index in [1.54, 1.807) is 6.07 Å². The third-order valence-corrected chi connectivity index (χ3v) is 4.94. The molecule has 158 valence electrons. The summed E-state index contributed by atoms with van der Waals surface area (Å²) < 4.78 is 7.35. The summed E-state index contributed by atoms with van der Waals surface area (Å²) in [6.07, 6.45) is 0. The molecular weight excluding hydrogens is 402 g/mol. The lowest BCUT2D eigenvalue weighted by Gasteiger charge is -2.16. The van der Waals surface area contributed by atoms with Crippen LogP contribution in [0.1, 0.15) is 48.0 Å². The molecule has 0 saturated carbocycles. The molecule has 0 aliphatic heterocycles. The number of hydrogen-bond acceptors (Lipinski definition) is 5. The zero-order valence-electron chi connectivity index (χ0n) is 18.1. The first-order chi connectivity index (χ1) is 14.1. The van der Waals surface area contributed by atoms with E-state index >= 15 is 0 Å². The lowest BCUT2D eigenvalue weighted by atomic mass is 10.0. The zero-order chi connectivity index (χ0) is 22.0. The second kappa shape index (κ2) is 8.83. The van der Waals surface area contributed by atoms with Crippen LogP contribution in [-0.4, -0.2) is 32.3 Å². The maximum Gasteiger partial charge on any atom is 0.263 e. The van der Waals surface area contributed by atoms with Crippen LogP contribution in [0.2, 0.25) is 5.02 Å². The van der Waals surface area contributed by atoms with Gasteiger partial charge < -0.3 is 10.1 Å². The summed E-state index contributed by atoms with van der Waals surface area (Å²) in [5.74, 6) is 1.47. The lowest BCUT2D eigenvalue weighted by molar-refractivity contribution is -0.118. The van der Waals surface area contributed by atoms with Crippen LogP contribution in [0.15, 0.2) is 24.3 Å². The lowest BCUT2D eigenvalue weighted by Crippen LogP contribution is -2.22. The quantitative estimate of drug-likeness (QED) is 0.617. The van der Waals surface area contributed by atoms with Gasteiger partial charge in [-0.15, -0.1) is 0 Å². The predicted octanol–water partition coefficient (Wildman–Crippen LogP) is 4.69. The normalized spacial score (nSPS) is 11.1. The SMILES string of the molecule is Cc1cc(C)nc(-n2nc(C)cc2NC(=O)COc2cc(C)c(Cl)cc2C(C)C)n1. The zero-order valence-corrected chi connectivity index (χ0v) is 18.8. The fourth-order valence-electron chi connectivity index (χ4n) is 3.11. The molecule has 3 rings (SSSR count). The number of halogens is 1. The Hall–Kier alpha value is -2.93. The van der Waals surface area contributed by atoms with Crippen molar-refractivity contribution >= 4 is 23.3 Å². The first-order valence-corrected chi connectivity index (χ1v) is 10.1. The number of nitrogens with zero attached hydrogens (tertiary/aromatic N) is 4. The smallest absolute Gasteiger partial charge is 0.263 e. The molecule has 0 saturated heterocycles. The van der Waals surface area contributed by atoms with Gasteiger partial charge in [0, 0.05) is 22.5 Å². The summed E-state index contributed by atoms with van der Waals surface area (Å²) in [6.45, 7) is 11.5. The molecule has 1 N–H and O–H groups in total. The predicted molar refractivity (Wildman–Crippen MR) is 118 cm³/mol. The second-order valence-corrected chi connectivity index (χ2v) is 8.07. The third-order valence-electron chi connectivity index (χ3n) is 4.53. The summed E-state index contributed by atoms with van der Waals surface area (Å²) in [6, 6.07) is 7.41. The van der Waals surface area contributed by atoms with Crippen molar-refractivity contribution in [3.05, 3.63) is 57.5 Å². The topological polar surface area (TPSA) is 81.9 Å². The number of amides is 1. The van der Waals surface area contributed by atoms with Crippen LogP contribution >= 0.6 is 11.6 Å². The van der Waals surface area contributed by atoms with E-state index in [9.17, 15) is 4.79 Å². The highest BCUT2D eigenvalue weighted by Gasteiger charge is 2.16. The molecule has 8 heteroatoms. The van der Waals surface area contributed by atoms with Crippen molar-refractivity contribution in [1.82, 2.24) is 19.7 Å². The van der Waals surface area contributed by atoms with Gasteiger partial charge in [-0.05, 0) is 62.9 Å². The van der Waals surface area contributed by atoms with Crippen LogP contribution in [0.3, 0.4) is 0 Å². The van der Waals surface area contributed by atoms with Gasteiger partial charge in [0.25, 0.3) is 11.9 Å². The molecule has 0 aliphatic rings. The Labute approximate surface area is 181 Å². The molecular formula is C22H26ClN5O2. The maximum atomic E-state index is 12.6. The van der Waals surface area contributed by atoms with Gasteiger partial charge in [-0.2, -0.15) is 9.78 Å². The molecule has 2 heterocycles. The van der Waals surface area contributed by atoms with Crippen molar-refractivity contribution in [2.75, 3.05) is 11.9 Å². The number of aromatic nitrogens is 4. The molecule has 0 spiro atoms. The first-order valence-electron chi connectivity index (χ1n) is 9.76. The maximum absolute atomic E-state index is 12.6. The number of nitrogens with one attached hydrogen (secondary N) is 1. The van der Waals surface area contributed by atoms with E-state index in [-0.39, 0.29) is 18.4 Å².